The smallest absolute Gasteiger partial charge is 0.0553 e. The Bertz CT molecular complexity index is 742. The van der Waals surface area contributed by atoms with Crippen LogP contribution in [0.15, 0.2) is 82.6 Å². The number of hydrogen-bond donors (Lipinski definition) is 0. The van der Waals surface area contributed by atoms with E-state index >= 15 is 0 Å². The zero-order valence-electron chi connectivity index (χ0n) is 13.6. The summed E-state index contributed by atoms with van der Waals surface area (Å²) in [6.45, 7) is 5.66. The Labute approximate surface area is 142 Å². The van der Waals surface area contributed by atoms with Crippen molar-refractivity contribution in [3.8, 4) is 0 Å². The van der Waals surface area contributed by atoms with Crippen molar-refractivity contribution in [1.82, 2.24) is 0 Å². The molecule has 1 unspecified atom stereocenters. The van der Waals surface area contributed by atoms with E-state index < -0.39 is 0 Å². The van der Waals surface area contributed by atoms with E-state index in [4.69, 9.17) is 0 Å². The number of rotatable bonds is 2. The fourth-order valence-corrected chi connectivity index (χ4v) is 4.44. The Morgan fingerprint density at radius 2 is 1.52 bits per heavy atom. The fraction of sp³-hybridized carbons (Fsp3) is 0.238. The maximum atomic E-state index is 2.50. The molecule has 23 heavy (non-hydrogen) atoms. The molecule has 1 nitrogen and oxygen atoms in total. The van der Waals surface area contributed by atoms with Crippen LogP contribution >= 0.6 is 11.8 Å². The molecule has 2 aromatic rings. The van der Waals surface area contributed by atoms with Gasteiger partial charge in [0.1, 0.15) is 0 Å². The van der Waals surface area contributed by atoms with Gasteiger partial charge in [-0.15, -0.1) is 0 Å². The molecule has 0 saturated heterocycles. The molecule has 1 aliphatic carbocycles. The van der Waals surface area contributed by atoms with Gasteiger partial charge in [0.2, 0.25) is 0 Å². The topological polar surface area (TPSA) is 3.24 Å². The molecule has 4 rings (SSSR count). The van der Waals surface area contributed by atoms with Crippen LogP contribution in [0.25, 0.3) is 0 Å². The highest BCUT2D eigenvalue weighted by molar-refractivity contribution is 7.99. The van der Waals surface area contributed by atoms with Crippen molar-refractivity contribution >= 4 is 23.1 Å². The van der Waals surface area contributed by atoms with Crippen molar-refractivity contribution in [3.05, 3.63) is 72.8 Å². The molecule has 0 bridgehead atoms. The average molecular weight is 319 g/mol. The van der Waals surface area contributed by atoms with Gasteiger partial charge in [-0.2, -0.15) is 0 Å². The summed E-state index contributed by atoms with van der Waals surface area (Å²) in [4.78, 5) is 5.19. The number of allylic oxidation sites excluding steroid dienone is 3. The minimum Gasteiger partial charge on any atom is -0.339 e. The molecule has 0 amide bonds. The quantitative estimate of drug-likeness (QED) is 0.662. The van der Waals surface area contributed by atoms with E-state index in [2.05, 4.69) is 91.6 Å². The molecule has 0 fully saturated rings. The Balaban J connectivity index is 1.76. The van der Waals surface area contributed by atoms with Gasteiger partial charge in [-0.1, -0.05) is 74.2 Å². The first kappa shape index (κ1) is 14.6. The predicted octanol–water partition coefficient (Wildman–Crippen LogP) is 6.06. The Kier molecular flexibility index (Phi) is 3.57. The zero-order chi connectivity index (χ0) is 15.9. The van der Waals surface area contributed by atoms with Crippen LogP contribution in [0.4, 0.5) is 11.4 Å². The lowest BCUT2D eigenvalue weighted by atomic mass is 9.75. The molecule has 1 heterocycles. The van der Waals surface area contributed by atoms with Crippen LogP contribution in [0.2, 0.25) is 0 Å². The van der Waals surface area contributed by atoms with Gasteiger partial charge in [0.25, 0.3) is 0 Å². The average Bonchev–Trinajstić information content (AvgIpc) is 2.56. The second kappa shape index (κ2) is 5.61. The van der Waals surface area contributed by atoms with Gasteiger partial charge in [-0.25, -0.2) is 0 Å². The minimum absolute atomic E-state index is 0.184. The number of para-hydroxylation sites is 2. The normalized spacial score (nSPS) is 21.0. The molecular weight excluding hydrogens is 298 g/mol. The third-order valence-corrected chi connectivity index (χ3v) is 5.98. The maximum absolute atomic E-state index is 2.50. The molecule has 116 valence electrons. The monoisotopic (exact) mass is 319 g/mol. The second-order valence-electron chi connectivity index (χ2n) is 6.82. The second-order valence-corrected chi connectivity index (χ2v) is 7.90. The lowest BCUT2D eigenvalue weighted by molar-refractivity contribution is 0.344. The lowest BCUT2D eigenvalue weighted by Gasteiger charge is -2.39. The van der Waals surface area contributed by atoms with Gasteiger partial charge in [-0.05, 0) is 29.7 Å². The van der Waals surface area contributed by atoms with Crippen molar-refractivity contribution in [2.75, 3.05) is 11.4 Å². The number of nitrogens with zero attached hydrogens (tertiary/aromatic N) is 1. The van der Waals surface area contributed by atoms with Crippen LogP contribution in [0.3, 0.4) is 0 Å². The first-order valence-corrected chi connectivity index (χ1v) is 8.96. The largest absolute Gasteiger partial charge is 0.339 e. The third kappa shape index (κ3) is 2.61. The summed E-state index contributed by atoms with van der Waals surface area (Å²) in [5.74, 6) is 0.497. The van der Waals surface area contributed by atoms with Crippen molar-refractivity contribution in [3.63, 3.8) is 0 Å². The van der Waals surface area contributed by atoms with Crippen LogP contribution in [-0.4, -0.2) is 6.54 Å². The Hall–Kier alpha value is -1.93. The van der Waals surface area contributed by atoms with Gasteiger partial charge >= 0.3 is 0 Å². The van der Waals surface area contributed by atoms with E-state index in [1.165, 1.54) is 21.2 Å². The van der Waals surface area contributed by atoms with E-state index in [1.807, 2.05) is 11.8 Å². The summed E-state index contributed by atoms with van der Waals surface area (Å²) in [7, 11) is 0. The number of hydrogen-bond acceptors (Lipinski definition) is 2. The summed E-state index contributed by atoms with van der Waals surface area (Å²) in [5.41, 5.74) is 2.84. The lowest BCUT2D eigenvalue weighted by Crippen LogP contribution is -2.34. The van der Waals surface area contributed by atoms with E-state index in [1.54, 1.807) is 0 Å². The molecule has 2 heteroatoms. The van der Waals surface area contributed by atoms with E-state index in [-0.39, 0.29) is 5.41 Å². The van der Waals surface area contributed by atoms with Crippen LogP contribution in [-0.2, 0) is 0 Å². The minimum atomic E-state index is 0.184. The zero-order valence-corrected chi connectivity index (χ0v) is 14.4. The van der Waals surface area contributed by atoms with Crippen molar-refractivity contribution in [2.24, 2.45) is 11.3 Å². The van der Waals surface area contributed by atoms with Gasteiger partial charge in [0.15, 0.2) is 0 Å². The molecular formula is C21H21NS. The third-order valence-electron chi connectivity index (χ3n) is 4.85. The van der Waals surface area contributed by atoms with Gasteiger partial charge in [0, 0.05) is 22.3 Å². The molecule has 0 aromatic heterocycles. The Morgan fingerprint density at radius 3 is 2.13 bits per heavy atom. The first-order chi connectivity index (χ1) is 11.1. The van der Waals surface area contributed by atoms with Crippen molar-refractivity contribution < 1.29 is 0 Å². The van der Waals surface area contributed by atoms with Gasteiger partial charge < -0.3 is 4.90 Å². The highest BCUT2D eigenvalue weighted by Crippen LogP contribution is 2.49. The molecule has 0 spiro atoms. The standard InChI is InChI=1S/C21H21NS/c1-21(2)14-8-7-9-16(21)15-22-17-10-3-5-12-19(17)23-20-13-6-4-11-18(20)22/h3-14,16H,15H2,1-2H3. The molecule has 2 aliphatic rings. The van der Waals surface area contributed by atoms with Crippen LogP contribution in [0, 0.1) is 11.3 Å². The summed E-state index contributed by atoms with van der Waals surface area (Å²) in [6, 6.07) is 17.5. The Morgan fingerprint density at radius 1 is 0.913 bits per heavy atom. The van der Waals surface area contributed by atoms with E-state index in [0.717, 1.165) is 6.54 Å². The summed E-state index contributed by atoms with van der Waals surface area (Å²) in [6.07, 6.45) is 9.04. The summed E-state index contributed by atoms with van der Waals surface area (Å²) < 4.78 is 0. The van der Waals surface area contributed by atoms with E-state index in [9.17, 15) is 0 Å². The molecule has 2 aromatic carbocycles. The SMILES string of the molecule is CC1(C)C=CC=CC1CN1c2ccccc2Sc2ccccc21. The molecule has 0 saturated carbocycles. The highest BCUT2D eigenvalue weighted by Gasteiger charge is 2.31. The molecule has 1 aliphatic heterocycles. The van der Waals surface area contributed by atoms with Gasteiger partial charge in [0.05, 0.1) is 11.4 Å². The molecule has 0 N–H and O–H groups in total. The molecule has 0 radical (unpaired) electrons. The number of benzene rings is 2. The molecule has 1 atom stereocenters. The maximum Gasteiger partial charge on any atom is 0.0553 e. The van der Waals surface area contributed by atoms with Crippen LogP contribution < -0.4 is 4.90 Å². The van der Waals surface area contributed by atoms with Crippen molar-refractivity contribution in [2.45, 2.75) is 23.6 Å². The van der Waals surface area contributed by atoms with Crippen molar-refractivity contribution in [1.29, 1.82) is 0 Å². The van der Waals surface area contributed by atoms with Crippen LogP contribution in [0.5, 0.6) is 0 Å². The predicted molar refractivity (Wildman–Crippen MR) is 99.6 cm³/mol. The van der Waals surface area contributed by atoms with E-state index in [0.29, 0.717) is 5.92 Å². The van der Waals surface area contributed by atoms with Crippen LogP contribution in [0.1, 0.15) is 13.8 Å². The van der Waals surface area contributed by atoms with Gasteiger partial charge in [-0.3, -0.25) is 0 Å². The summed E-state index contributed by atoms with van der Waals surface area (Å²) >= 11 is 1.87. The first-order valence-electron chi connectivity index (χ1n) is 8.15. The number of fused-ring (bicyclic) bond motifs is 2. The fourth-order valence-electron chi connectivity index (χ4n) is 3.34. The summed E-state index contributed by atoms with van der Waals surface area (Å²) in [5, 5.41) is 0. The number of anilines is 2. The highest BCUT2D eigenvalue weighted by atomic mass is 32.2.